The second-order valence-electron chi connectivity index (χ2n) is 10.2. The number of carbonyl (C=O) groups is 1. The van der Waals surface area contributed by atoms with Crippen molar-refractivity contribution in [2.45, 2.75) is 45.3 Å². The summed E-state index contributed by atoms with van der Waals surface area (Å²) >= 11 is 0. The normalized spacial score (nSPS) is 16.2. The van der Waals surface area contributed by atoms with Crippen LogP contribution in [0.15, 0.2) is 50.8 Å². The largest absolute Gasteiger partial charge is 0.416 e. The summed E-state index contributed by atoms with van der Waals surface area (Å²) in [6, 6.07) is 8.07. The number of carbonyl (C=O) groups excluding carboxylic acids is 1. The number of hydrogen-bond donors (Lipinski definition) is 3. The van der Waals surface area contributed by atoms with Crippen molar-refractivity contribution in [1.82, 2.24) is 24.3 Å². The molecule has 41 heavy (non-hydrogen) atoms. The van der Waals surface area contributed by atoms with Crippen LogP contribution >= 0.6 is 0 Å². The Hall–Kier alpha value is -3.75. The lowest BCUT2D eigenvalue weighted by Gasteiger charge is -2.29. The Bertz CT molecular complexity index is 1560. The molecule has 0 radical (unpaired) electrons. The summed E-state index contributed by atoms with van der Waals surface area (Å²) in [7, 11) is 0. The highest BCUT2D eigenvalue weighted by Crippen LogP contribution is 2.26. The van der Waals surface area contributed by atoms with Crippen molar-refractivity contribution in [2.24, 2.45) is 5.92 Å². The van der Waals surface area contributed by atoms with E-state index >= 15 is 0 Å². The SMILES string of the molecule is CC(C)C(NC(=O)Cn1c(-c2ccccc2)cc2c(=O)n(CCN3CCOCC3)c(=O)[nH]c2c1=O)C(O)C(F)(F)F. The first kappa shape index (κ1) is 30.2. The van der Waals surface area contributed by atoms with Crippen molar-refractivity contribution < 1.29 is 27.8 Å². The molecule has 3 heterocycles. The van der Waals surface area contributed by atoms with Gasteiger partial charge in [-0.25, -0.2) is 4.79 Å². The average Bonchev–Trinajstić information content (AvgIpc) is 2.93. The van der Waals surface area contributed by atoms with Crippen LogP contribution in [-0.4, -0.2) is 81.2 Å². The number of amides is 1. The Morgan fingerprint density at radius 1 is 1.05 bits per heavy atom. The highest BCUT2D eigenvalue weighted by Gasteiger charge is 2.45. The van der Waals surface area contributed by atoms with Crippen molar-refractivity contribution in [3.8, 4) is 11.3 Å². The second kappa shape index (κ2) is 12.4. The van der Waals surface area contributed by atoms with Crippen LogP contribution in [-0.2, 0) is 22.6 Å². The van der Waals surface area contributed by atoms with E-state index in [9.17, 15) is 37.5 Å². The minimum atomic E-state index is -4.97. The van der Waals surface area contributed by atoms with Gasteiger partial charge in [0.05, 0.1) is 30.3 Å². The third kappa shape index (κ3) is 6.77. The number of fused-ring (bicyclic) bond motifs is 1. The van der Waals surface area contributed by atoms with E-state index in [2.05, 4.69) is 10.3 Å². The van der Waals surface area contributed by atoms with Gasteiger partial charge in [-0.3, -0.25) is 28.4 Å². The molecular weight excluding hydrogens is 547 g/mol. The number of ether oxygens (including phenoxy) is 1. The van der Waals surface area contributed by atoms with Crippen molar-refractivity contribution in [3.63, 3.8) is 0 Å². The first-order chi connectivity index (χ1) is 19.4. The highest BCUT2D eigenvalue weighted by molar-refractivity contribution is 5.83. The molecule has 1 saturated heterocycles. The number of nitrogens with zero attached hydrogens (tertiary/aromatic N) is 3. The van der Waals surface area contributed by atoms with Crippen molar-refractivity contribution in [1.29, 1.82) is 0 Å². The molecule has 1 fully saturated rings. The summed E-state index contributed by atoms with van der Waals surface area (Å²) in [4.78, 5) is 57.3. The highest BCUT2D eigenvalue weighted by atomic mass is 19.4. The second-order valence-corrected chi connectivity index (χ2v) is 10.2. The molecule has 3 aromatic rings. The number of aromatic nitrogens is 3. The number of halogens is 3. The van der Waals surface area contributed by atoms with Gasteiger partial charge < -0.3 is 20.1 Å². The molecule has 222 valence electrons. The first-order valence-electron chi connectivity index (χ1n) is 13.2. The van der Waals surface area contributed by atoms with Gasteiger partial charge in [0.2, 0.25) is 5.91 Å². The lowest BCUT2D eigenvalue weighted by molar-refractivity contribution is -0.215. The predicted molar refractivity (Wildman–Crippen MR) is 145 cm³/mol. The molecule has 4 rings (SSSR count). The van der Waals surface area contributed by atoms with Gasteiger partial charge in [0.25, 0.3) is 11.1 Å². The van der Waals surface area contributed by atoms with Gasteiger partial charge in [-0.1, -0.05) is 44.2 Å². The molecule has 2 atom stereocenters. The summed E-state index contributed by atoms with van der Waals surface area (Å²) in [6.07, 6.45) is -7.79. The van der Waals surface area contributed by atoms with Gasteiger partial charge in [-0.15, -0.1) is 0 Å². The maximum atomic E-state index is 13.6. The van der Waals surface area contributed by atoms with E-state index in [4.69, 9.17) is 4.74 Å². The standard InChI is InChI=1S/C27H32F3N5O6/c1-16(2)21(23(37)27(28,29)30)31-20(36)15-35-19(17-6-4-3-5-7-17)14-18-22(25(35)39)32-26(40)34(24(18)38)9-8-33-10-12-41-13-11-33/h3-7,14,16,21,23,37H,8-13,15H2,1-2H3,(H,31,36)(H,32,40). The van der Waals surface area contributed by atoms with Crippen LogP contribution in [0.4, 0.5) is 13.2 Å². The molecule has 1 amide bonds. The van der Waals surface area contributed by atoms with Gasteiger partial charge >= 0.3 is 11.9 Å². The number of pyridine rings is 1. The smallest absolute Gasteiger partial charge is 0.382 e. The van der Waals surface area contributed by atoms with Crippen LogP contribution in [0.3, 0.4) is 0 Å². The van der Waals surface area contributed by atoms with Crippen LogP contribution in [0.25, 0.3) is 22.2 Å². The van der Waals surface area contributed by atoms with Crippen LogP contribution in [0.5, 0.6) is 0 Å². The fourth-order valence-electron chi connectivity index (χ4n) is 4.81. The van der Waals surface area contributed by atoms with Crippen molar-refractivity contribution in [3.05, 3.63) is 67.6 Å². The van der Waals surface area contributed by atoms with E-state index < -0.39 is 53.5 Å². The van der Waals surface area contributed by atoms with Crippen LogP contribution in [0, 0.1) is 5.92 Å². The summed E-state index contributed by atoms with van der Waals surface area (Å²) < 4.78 is 46.9. The number of benzene rings is 1. The lowest BCUT2D eigenvalue weighted by atomic mass is 9.98. The van der Waals surface area contributed by atoms with Crippen LogP contribution in [0.2, 0.25) is 0 Å². The molecule has 3 N–H and O–H groups in total. The van der Waals surface area contributed by atoms with Gasteiger partial charge in [0, 0.05) is 26.2 Å². The van der Waals surface area contributed by atoms with Gasteiger partial charge in [0.15, 0.2) is 6.10 Å². The van der Waals surface area contributed by atoms with E-state index in [0.29, 0.717) is 38.4 Å². The number of nitrogens with one attached hydrogen (secondary N) is 2. The van der Waals surface area contributed by atoms with Crippen molar-refractivity contribution in [2.75, 3.05) is 32.8 Å². The molecule has 11 nitrogen and oxygen atoms in total. The van der Waals surface area contributed by atoms with Gasteiger partial charge in [-0.05, 0) is 17.5 Å². The molecule has 1 aliphatic heterocycles. The number of aliphatic hydroxyl groups excluding tert-OH is 1. The average molecular weight is 580 g/mol. The zero-order valence-corrected chi connectivity index (χ0v) is 22.6. The third-order valence-electron chi connectivity index (χ3n) is 7.09. The number of alkyl halides is 3. The zero-order chi connectivity index (χ0) is 29.9. The first-order valence-corrected chi connectivity index (χ1v) is 13.2. The maximum Gasteiger partial charge on any atom is 0.416 e. The molecule has 0 saturated carbocycles. The van der Waals surface area contributed by atoms with E-state index in [1.165, 1.54) is 19.9 Å². The summed E-state index contributed by atoms with van der Waals surface area (Å²) in [5.74, 6) is -1.75. The quantitative estimate of drug-likeness (QED) is 0.343. The molecule has 0 bridgehead atoms. The summed E-state index contributed by atoms with van der Waals surface area (Å²) in [6.45, 7) is 4.99. The van der Waals surface area contributed by atoms with Crippen LogP contribution < -0.4 is 22.1 Å². The Kier molecular flexibility index (Phi) is 9.14. The Labute approximate surface area is 232 Å². The van der Waals surface area contributed by atoms with E-state index in [0.717, 1.165) is 9.13 Å². The number of hydrogen-bond acceptors (Lipinski definition) is 7. The summed E-state index contributed by atoms with van der Waals surface area (Å²) in [5.41, 5.74) is -2.07. The minimum Gasteiger partial charge on any atom is -0.382 e. The molecule has 14 heteroatoms. The van der Waals surface area contributed by atoms with E-state index in [1.54, 1.807) is 30.3 Å². The fraction of sp³-hybridized carbons (Fsp3) is 0.481. The topological polar surface area (TPSA) is 139 Å². The van der Waals surface area contributed by atoms with E-state index in [1.807, 2.05) is 4.90 Å². The lowest BCUT2D eigenvalue weighted by Crippen LogP contribution is -2.53. The van der Waals surface area contributed by atoms with Gasteiger partial charge in [-0.2, -0.15) is 13.2 Å². The minimum absolute atomic E-state index is 0.0698. The number of morpholine rings is 1. The van der Waals surface area contributed by atoms with Crippen molar-refractivity contribution >= 4 is 16.8 Å². The molecule has 2 aromatic heterocycles. The molecule has 0 aliphatic carbocycles. The Morgan fingerprint density at radius 3 is 2.32 bits per heavy atom. The number of aliphatic hydroxyl groups is 1. The van der Waals surface area contributed by atoms with Gasteiger partial charge in [0.1, 0.15) is 12.1 Å². The number of H-pyrrole nitrogens is 1. The van der Waals surface area contributed by atoms with E-state index in [-0.39, 0.29) is 23.1 Å². The van der Waals surface area contributed by atoms with Crippen LogP contribution in [0.1, 0.15) is 13.8 Å². The molecule has 0 spiro atoms. The maximum absolute atomic E-state index is 13.6. The molecular formula is C27H32F3N5O6. The monoisotopic (exact) mass is 579 g/mol. The summed E-state index contributed by atoms with van der Waals surface area (Å²) in [5, 5.41) is 11.9. The molecule has 2 unspecified atom stereocenters. The Morgan fingerprint density at radius 2 is 1.71 bits per heavy atom. The predicted octanol–water partition coefficient (Wildman–Crippen LogP) is 0.915. The fourth-order valence-corrected chi connectivity index (χ4v) is 4.81. The number of rotatable bonds is 9. The number of aromatic amines is 1. The molecule has 1 aromatic carbocycles. The third-order valence-corrected chi connectivity index (χ3v) is 7.09. The Balaban J connectivity index is 1.75. The zero-order valence-electron chi connectivity index (χ0n) is 22.6. The molecule has 1 aliphatic rings.